The molecule has 0 unspecified atom stereocenters. The molecule has 24 heavy (non-hydrogen) atoms. The Balaban J connectivity index is 1.80. The number of amides is 3. The summed E-state index contributed by atoms with van der Waals surface area (Å²) in [5, 5.41) is 2.86. The quantitative estimate of drug-likeness (QED) is 0.789. The molecule has 2 aliphatic heterocycles. The van der Waals surface area contributed by atoms with E-state index in [1.54, 1.807) is 9.80 Å². The molecule has 3 rings (SSSR count). The topological polar surface area (TPSA) is 61.9 Å². The number of fused-ring (bicyclic) bond motifs is 1. The average molecular weight is 396 g/mol. The van der Waals surface area contributed by atoms with Crippen LogP contribution in [-0.2, 0) is 17.8 Å². The number of hydrogen-bond acceptors (Lipinski definition) is 3. The molecule has 130 valence electrons. The molecule has 2 heterocycles. The highest BCUT2D eigenvalue weighted by Gasteiger charge is 2.30. The largest absolute Gasteiger partial charge is 0.444 e. The third kappa shape index (κ3) is 3.50. The summed E-state index contributed by atoms with van der Waals surface area (Å²) >= 11 is 3.56. The SMILES string of the molecule is CC(C)(C)OC(=O)N1Cc2cc(Br)c(N3CCCNC3=O)cc2C1. The zero-order chi connectivity index (χ0) is 17.5. The zero-order valence-corrected chi connectivity index (χ0v) is 15.8. The number of urea groups is 1. The monoisotopic (exact) mass is 395 g/mol. The maximum Gasteiger partial charge on any atom is 0.410 e. The Morgan fingerprint density at radius 1 is 1.25 bits per heavy atom. The second-order valence-electron chi connectivity index (χ2n) is 7.15. The molecule has 1 aromatic carbocycles. The van der Waals surface area contributed by atoms with Crippen LogP contribution < -0.4 is 10.2 Å². The van der Waals surface area contributed by atoms with E-state index in [-0.39, 0.29) is 12.1 Å². The summed E-state index contributed by atoms with van der Waals surface area (Å²) in [6.07, 6.45) is 0.603. The van der Waals surface area contributed by atoms with Crippen molar-refractivity contribution in [3.8, 4) is 0 Å². The molecule has 0 bridgehead atoms. The lowest BCUT2D eigenvalue weighted by Gasteiger charge is -2.28. The third-order valence-electron chi connectivity index (χ3n) is 4.01. The van der Waals surface area contributed by atoms with Gasteiger partial charge in [0.05, 0.1) is 5.69 Å². The van der Waals surface area contributed by atoms with Crippen LogP contribution in [0.3, 0.4) is 0 Å². The van der Waals surface area contributed by atoms with Crippen LogP contribution in [0, 0.1) is 0 Å². The van der Waals surface area contributed by atoms with E-state index in [0.717, 1.165) is 27.7 Å². The minimum Gasteiger partial charge on any atom is -0.444 e. The second-order valence-corrected chi connectivity index (χ2v) is 8.00. The van der Waals surface area contributed by atoms with Gasteiger partial charge in [-0.15, -0.1) is 0 Å². The molecule has 1 aromatic rings. The first kappa shape index (κ1) is 17.1. The molecule has 0 spiro atoms. The van der Waals surface area contributed by atoms with Crippen LogP contribution in [0.25, 0.3) is 0 Å². The van der Waals surface area contributed by atoms with Gasteiger partial charge in [0.25, 0.3) is 0 Å². The normalized spacial score (nSPS) is 17.6. The van der Waals surface area contributed by atoms with Crippen molar-refractivity contribution in [3.63, 3.8) is 0 Å². The molecule has 0 aromatic heterocycles. The van der Waals surface area contributed by atoms with Gasteiger partial charge >= 0.3 is 12.1 Å². The van der Waals surface area contributed by atoms with Crippen LogP contribution in [0.1, 0.15) is 38.3 Å². The summed E-state index contributed by atoms with van der Waals surface area (Å²) in [6.45, 7) is 8.01. The number of carbonyl (C=O) groups excluding carboxylic acids is 2. The van der Waals surface area contributed by atoms with Gasteiger partial charge in [-0.25, -0.2) is 9.59 Å². The lowest BCUT2D eigenvalue weighted by atomic mass is 10.1. The van der Waals surface area contributed by atoms with Crippen LogP contribution in [0.4, 0.5) is 15.3 Å². The summed E-state index contributed by atoms with van der Waals surface area (Å²) < 4.78 is 6.31. The molecule has 1 saturated heterocycles. The summed E-state index contributed by atoms with van der Waals surface area (Å²) in [5.74, 6) is 0. The number of nitrogens with zero attached hydrogens (tertiary/aromatic N) is 2. The predicted octanol–water partition coefficient (Wildman–Crippen LogP) is 3.62. The van der Waals surface area contributed by atoms with Crippen molar-refractivity contribution < 1.29 is 14.3 Å². The van der Waals surface area contributed by atoms with E-state index >= 15 is 0 Å². The number of rotatable bonds is 1. The van der Waals surface area contributed by atoms with Crippen molar-refractivity contribution in [1.29, 1.82) is 0 Å². The number of benzene rings is 1. The van der Waals surface area contributed by atoms with Gasteiger partial charge in [-0.2, -0.15) is 0 Å². The Kier molecular flexibility index (Phi) is 4.46. The van der Waals surface area contributed by atoms with E-state index in [9.17, 15) is 9.59 Å². The lowest BCUT2D eigenvalue weighted by Crippen LogP contribution is -2.46. The molecule has 1 fully saturated rings. The van der Waals surface area contributed by atoms with Crippen LogP contribution in [0.5, 0.6) is 0 Å². The first-order chi connectivity index (χ1) is 11.2. The summed E-state index contributed by atoms with van der Waals surface area (Å²) in [5.41, 5.74) is 2.46. The molecule has 0 saturated carbocycles. The number of anilines is 1. The predicted molar refractivity (Wildman–Crippen MR) is 95.0 cm³/mol. The van der Waals surface area contributed by atoms with E-state index < -0.39 is 5.60 Å². The van der Waals surface area contributed by atoms with Gasteiger partial charge in [0, 0.05) is 30.7 Å². The van der Waals surface area contributed by atoms with Gasteiger partial charge < -0.3 is 10.1 Å². The lowest BCUT2D eigenvalue weighted by molar-refractivity contribution is 0.0242. The van der Waals surface area contributed by atoms with Crippen LogP contribution in [0.2, 0.25) is 0 Å². The standard InChI is InChI=1S/C17H22BrN3O3/c1-17(2,3)24-16(23)20-9-11-7-13(18)14(8-12(11)10-20)21-6-4-5-19-15(21)22/h7-8H,4-6,9-10H2,1-3H3,(H,19,22). The van der Waals surface area contributed by atoms with Crippen LogP contribution >= 0.6 is 15.9 Å². The second kappa shape index (κ2) is 6.27. The first-order valence-corrected chi connectivity index (χ1v) is 8.88. The van der Waals surface area contributed by atoms with Crippen LogP contribution in [-0.4, -0.2) is 35.7 Å². The molecule has 3 amide bonds. The average Bonchev–Trinajstić information content (AvgIpc) is 2.88. The smallest absolute Gasteiger partial charge is 0.410 e. The summed E-state index contributed by atoms with van der Waals surface area (Å²) in [6, 6.07) is 3.91. The Morgan fingerprint density at radius 2 is 1.92 bits per heavy atom. The molecule has 6 nitrogen and oxygen atoms in total. The highest BCUT2D eigenvalue weighted by atomic mass is 79.9. The molecule has 0 atom stereocenters. The van der Waals surface area contributed by atoms with Gasteiger partial charge in [0.2, 0.25) is 0 Å². The number of hydrogen-bond donors (Lipinski definition) is 1. The van der Waals surface area contributed by atoms with Crippen molar-refractivity contribution >= 4 is 33.7 Å². The third-order valence-corrected chi connectivity index (χ3v) is 4.65. The van der Waals surface area contributed by atoms with Crippen molar-refractivity contribution in [2.75, 3.05) is 18.0 Å². The van der Waals surface area contributed by atoms with Gasteiger partial charge in [-0.3, -0.25) is 9.80 Å². The van der Waals surface area contributed by atoms with E-state index in [1.165, 1.54) is 0 Å². The molecule has 0 radical (unpaired) electrons. The fraction of sp³-hybridized carbons (Fsp3) is 0.529. The molecular weight excluding hydrogens is 374 g/mol. The number of halogens is 1. The Bertz CT molecular complexity index is 684. The molecule has 2 aliphatic rings. The van der Waals surface area contributed by atoms with Crippen molar-refractivity contribution in [3.05, 3.63) is 27.7 Å². The summed E-state index contributed by atoms with van der Waals surface area (Å²) in [7, 11) is 0. The Labute approximate surface area is 150 Å². The van der Waals surface area contributed by atoms with E-state index in [2.05, 4.69) is 21.2 Å². The molecule has 0 aliphatic carbocycles. The van der Waals surface area contributed by atoms with Gasteiger partial charge in [0.15, 0.2) is 0 Å². The fourth-order valence-corrected chi connectivity index (χ4v) is 3.53. The van der Waals surface area contributed by atoms with E-state index in [4.69, 9.17) is 4.74 Å². The van der Waals surface area contributed by atoms with Crippen molar-refractivity contribution in [2.45, 2.75) is 45.9 Å². The number of nitrogens with one attached hydrogen (secondary N) is 1. The van der Waals surface area contributed by atoms with E-state index in [0.29, 0.717) is 26.2 Å². The maximum atomic E-state index is 12.3. The van der Waals surface area contributed by atoms with Crippen molar-refractivity contribution in [1.82, 2.24) is 10.2 Å². The molecular formula is C17H22BrN3O3. The maximum absolute atomic E-state index is 12.3. The zero-order valence-electron chi connectivity index (χ0n) is 14.2. The van der Waals surface area contributed by atoms with Crippen molar-refractivity contribution in [2.24, 2.45) is 0 Å². The van der Waals surface area contributed by atoms with E-state index in [1.807, 2.05) is 32.9 Å². The Hall–Kier alpha value is -1.76. The number of ether oxygens (including phenoxy) is 1. The first-order valence-electron chi connectivity index (χ1n) is 8.09. The minimum absolute atomic E-state index is 0.0797. The number of carbonyl (C=O) groups is 2. The van der Waals surface area contributed by atoms with Gasteiger partial charge in [-0.05, 0) is 66.4 Å². The highest BCUT2D eigenvalue weighted by molar-refractivity contribution is 9.10. The van der Waals surface area contributed by atoms with Gasteiger partial charge in [0.1, 0.15) is 5.60 Å². The minimum atomic E-state index is -0.510. The molecule has 7 heteroatoms. The summed E-state index contributed by atoms with van der Waals surface area (Å²) in [4.78, 5) is 27.8. The highest BCUT2D eigenvalue weighted by Crippen LogP contribution is 2.35. The van der Waals surface area contributed by atoms with Gasteiger partial charge in [-0.1, -0.05) is 0 Å². The fourth-order valence-electron chi connectivity index (χ4n) is 2.93. The van der Waals surface area contributed by atoms with Crippen LogP contribution in [0.15, 0.2) is 16.6 Å². The Morgan fingerprint density at radius 3 is 2.54 bits per heavy atom. The molecule has 1 N–H and O–H groups in total.